The molecule has 0 saturated carbocycles. The molecule has 0 bridgehead atoms. The number of rotatable bonds is 1. The molecular formula is C9H12O3. The fraction of sp³-hybridized carbons (Fsp3) is 0.667. The lowest BCUT2D eigenvalue weighted by molar-refractivity contribution is -0.141. The van der Waals surface area contributed by atoms with Gasteiger partial charge >= 0.3 is 5.97 Å². The largest absolute Gasteiger partial charge is 0.461 e. The predicted molar refractivity (Wildman–Crippen MR) is 42.4 cm³/mol. The van der Waals surface area contributed by atoms with Crippen LogP contribution in [0, 0.1) is 5.41 Å². The molecular weight excluding hydrogens is 156 g/mol. The highest BCUT2D eigenvalue weighted by Crippen LogP contribution is 2.47. The lowest BCUT2D eigenvalue weighted by Gasteiger charge is -2.23. The Bertz CT molecular complexity index is 256. The van der Waals surface area contributed by atoms with Gasteiger partial charge in [0.15, 0.2) is 0 Å². The van der Waals surface area contributed by atoms with Gasteiger partial charge in [-0.25, -0.2) is 0 Å². The van der Waals surface area contributed by atoms with Crippen LogP contribution in [0.25, 0.3) is 0 Å². The minimum absolute atomic E-state index is 0.0212. The molecule has 0 radical (unpaired) electrons. The maximum absolute atomic E-state index is 11.0. The van der Waals surface area contributed by atoms with Crippen LogP contribution in [-0.2, 0) is 9.53 Å². The predicted octanol–water partition coefficient (Wildman–Crippen LogP) is 0.631. The van der Waals surface area contributed by atoms with Crippen molar-refractivity contribution in [3.63, 3.8) is 0 Å². The Kier molecular flexibility index (Phi) is 1.51. The highest BCUT2D eigenvalue weighted by atomic mass is 16.6. The van der Waals surface area contributed by atoms with E-state index in [-0.39, 0.29) is 24.1 Å². The van der Waals surface area contributed by atoms with E-state index in [1.165, 1.54) is 0 Å². The van der Waals surface area contributed by atoms with Gasteiger partial charge in [0, 0.05) is 11.8 Å². The second kappa shape index (κ2) is 2.33. The van der Waals surface area contributed by atoms with Crippen molar-refractivity contribution in [2.24, 2.45) is 5.41 Å². The molecule has 1 heterocycles. The number of carbonyl (C=O) groups excluding carboxylic acids is 1. The fourth-order valence-electron chi connectivity index (χ4n) is 2.10. The van der Waals surface area contributed by atoms with Crippen LogP contribution >= 0.6 is 0 Å². The number of ether oxygens (including phenoxy) is 1. The number of hydrogen-bond donors (Lipinski definition) is 1. The third-order valence-corrected chi connectivity index (χ3v) is 2.98. The molecule has 2 aliphatic rings. The van der Waals surface area contributed by atoms with Crippen molar-refractivity contribution in [2.45, 2.75) is 25.9 Å². The van der Waals surface area contributed by atoms with Gasteiger partial charge in [0.25, 0.3) is 0 Å². The molecule has 1 N–H and O–H groups in total. The van der Waals surface area contributed by atoms with Crippen molar-refractivity contribution in [1.82, 2.24) is 0 Å². The van der Waals surface area contributed by atoms with E-state index in [0.29, 0.717) is 6.42 Å². The molecule has 0 unspecified atom stereocenters. The summed E-state index contributed by atoms with van der Waals surface area (Å²) in [7, 11) is 0. The van der Waals surface area contributed by atoms with Crippen LogP contribution in [0.1, 0.15) is 19.8 Å². The maximum Gasteiger partial charge on any atom is 0.307 e. The molecule has 2 atom stereocenters. The highest BCUT2D eigenvalue weighted by molar-refractivity contribution is 5.74. The molecule has 1 saturated heterocycles. The van der Waals surface area contributed by atoms with Crippen molar-refractivity contribution >= 4 is 5.97 Å². The minimum Gasteiger partial charge on any atom is -0.461 e. The molecule has 0 aromatic rings. The van der Waals surface area contributed by atoms with Crippen LogP contribution < -0.4 is 0 Å². The van der Waals surface area contributed by atoms with E-state index >= 15 is 0 Å². The van der Waals surface area contributed by atoms with Crippen molar-refractivity contribution in [3.8, 4) is 0 Å². The molecule has 0 aromatic carbocycles. The van der Waals surface area contributed by atoms with Crippen LogP contribution in [0.15, 0.2) is 11.6 Å². The zero-order valence-electron chi connectivity index (χ0n) is 7.04. The molecule has 3 nitrogen and oxygen atoms in total. The Morgan fingerprint density at radius 3 is 3.25 bits per heavy atom. The summed E-state index contributed by atoms with van der Waals surface area (Å²) < 4.78 is 5.12. The number of aliphatic hydroxyl groups excluding tert-OH is 1. The molecule has 1 aliphatic heterocycles. The van der Waals surface area contributed by atoms with Gasteiger partial charge in [-0.2, -0.15) is 0 Å². The second-order valence-electron chi connectivity index (χ2n) is 3.70. The van der Waals surface area contributed by atoms with Crippen LogP contribution in [0.3, 0.4) is 0 Å². The summed E-state index contributed by atoms with van der Waals surface area (Å²) in [6.45, 7) is 2.03. The highest BCUT2D eigenvalue weighted by Gasteiger charge is 2.50. The topological polar surface area (TPSA) is 46.5 Å². The van der Waals surface area contributed by atoms with E-state index in [4.69, 9.17) is 9.84 Å². The molecule has 1 fully saturated rings. The van der Waals surface area contributed by atoms with Gasteiger partial charge in [-0.05, 0) is 5.57 Å². The molecule has 12 heavy (non-hydrogen) atoms. The second-order valence-corrected chi connectivity index (χ2v) is 3.70. The van der Waals surface area contributed by atoms with Gasteiger partial charge in [-0.3, -0.25) is 4.79 Å². The monoisotopic (exact) mass is 168 g/mol. The van der Waals surface area contributed by atoms with Crippen molar-refractivity contribution < 1.29 is 14.6 Å². The third-order valence-electron chi connectivity index (χ3n) is 2.98. The number of aliphatic hydroxyl groups is 1. The van der Waals surface area contributed by atoms with Gasteiger partial charge in [-0.1, -0.05) is 13.0 Å². The normalized spacial score (nSPS) is 39.3. The number of fused-ring (bicyclic) bond motifs is 1. The Morgan fingerprint density at radius 2 is 2.58 bits per heavy atom. The van der Waals surface area contributed by atoms with E-state index in [9.17, 15) is 4.79 Å². The molecule has 2 rings (SSSR count). The summed E-state index contributed by atoms with van der Waals surface area (Å²) in [6.07, 6.45) is 3.14. The van der Waals surface area contributed by atoms with E-state index in [1.54, 1.807) is 0 Å². The summed E-state index contributed by atoms with van der Waals surface area (Å²) >= 11 is 0. The van der Waals surface area contributed by atoms with Crippen molar-refractivity contribution in [2.75, 3.05) is 6.61 Å². The van der Waals surface area contributed by atoms with E-state index in [0.717, 1.165) is 12.0 Å². The summed E-state index contributed by atoms with van der Waals surface area (Å²) in [5.74, 6) is -0.137. The Morgan fingerprint density at radius 1 is 1.83 bits per heavy atom. The third kappa shape index (κ3) is 0.829. The van der Waals surface area contributed by atoms with E-state index in [2.05, 4.69) is 0 Å². The standard InChI is InChI=1S/C9H12O3/c1-9-4-8(11)12-7(9)3-2-6(9)5-10/h2,7,10H,3-5H2,1H3/t7-,9+/m0/s1. The summed E-state index contributed by atoms with van der Waals surface area (Å²) in [5.41, 5.74) is 0.740. The first-order valence-electron chi connectivity index (χ1n) is 4.16. The molecule has 0 amide bonds. The summed E-state index contributed by atoms with van der Waals surface area (Å²) in [5, 5.41) is 9.03. The lowest BCUT2D eigenvalue weighted by Crippen LogP contribution is -2.25. The van der Waals surface area contributed by atoms with Gasteiger partial charge in [0.05, 0.1) is 13.0 Å². The summed E-state index contributed by atoms with van der Waals surface area (Å²) in [6, 6.07) is 0. The fourth-order valence-corrected chi connectivity index (χ4v) is 2.10. The Labute approximate surface area is 71.0 Å². The Hall–Kier alpha value is -0.830. The van der Waals surface area contributed by atoms with E-state index in [1.807, 2.05) is 13.0 Å². The first kappa shape index (κ1) is 7.80. The molecule has 1 aliphatic carbocycles. The van der Waals surface area contributed by atoms with Gasteiger partial charge < -0.3 is 9.84 Å². The maximum atomic E-state index is 11.0. The molecule has 3 heteroatoms. The van der Waals surface area contributed by atoms with Crippen molar-refractivity contribution in [3.05, 3.63) is 11.6 Å². The van der Waals surface area contributed by atoms with Gasteiger partial charge in [0.1, 0.15) is 6.10 Å². The first-order valence-corrected chi connectivity index (χ1v) is 4.16. The number of carbonyl (C=O) groups is 1. The van der Waals surface area contributed by atoms with E-state index < -0.39 is 0 Å². The molecule has 0 spiro atoms. The zero-order chi connectivity index (χ0) is 8.77. The van der Waals surface area contributed by atoms with Crippen LogP contribution in [0.5, 0.6) is 0 Å². The average molecular weight is 168 g/mol. The van der Waals surface area contributed by atoms with Crippen LogP contribution in [0.4, 0.5) is 0 Å². The lowest BCUT2D eigenvalue weighted by atomic mass is 9.80. The summed E-state index contributed by atoms with van der Waals surface area (Å²) in [4.78, 5) is 11.0. The zero-order valence-corrected chi connectivity index (χ0v) is 7.04. The first-order chi connectivity index (χ1) is 5.66. The minimum atomic E-state index is -0.216. The average Bonchev–Trinajstić information content (AvgIpc) is 2.41. The smallest absolute Gasteiger partial charge is 0.307 e. The number of hydrogen-bond acceptors (Lipinski definition) is 3. The van der Waals surface area contributed by atoms with Crippen molar-refractivity contribution in [1.29, 1.82) is 0 Å². The SMILES string of the molecule is C[C@]12CC(=O)O[C@H]1CC=C2CO. The van der Waals surface area contributed by atoms with Crippen LogP contribution in [0.2, 0.25) is 0 Å². The molecule has 66 valence electrons. The Balaban J connectivity index is 2.29. The van der Waals surface area contributed by atoms with Crippen LogP contribution in [-0.4, -0.2) is 23.8 Å². The van der Waals surface area contributed by atoms with Gasteiger partial charge in [-0.15, -0.1) is 0 Å². The number of esters is 1. The quantitative estimate of drug-likeness (QED) is 0.461. The van der Waals surface area contributed by atoms with Gasteiger partial charge in [0.2, 0.25) is 0 Å². The molecule has 0 aromatic heterocycles.